The number of primary amides is 1. The highest BCUT2D eigenvalue weighted by molar-refractivity contribution is 7.85. The molecule has 1 aromatic rings. The lowest BCUT2D eigenvalue weighted by molar-refractivity contribution is -0.117. The summed E-state index contributed by atoms with van der Waals surface area (Å²) in [5.74, 6) is -0.415. The molecule has 1 rings (SSSR count). The van der Waals surface area contributed by atoms with Gasteiger partial charge in [0.15, 0.2) is 0 Å². The number of nitrogens with two attached hydrogens (primary N) is 1. The molecule has 6 nitrogen and oxygen atoms in total. The molecule has 0 atom stereocenters. The van der Waals surface area contributed by atoms with E-state index >= 15 is 0 Å². The molecule has 0 saturated carbocycles. The van der Waals surface area contributed by atoms with E-state index in [0.29, 0.717) is 12.2 Å². The van der Waals surface area contributed by atoms with Gasteiger partial charge in [-0.25, -0.2) is 0 Å². The smallest absolute Gasteiger partial charge is 0.294 e. The zero-order valence-electron chi connectivity index (χ0n) is 8.38. The van der Waals surface area contributed by atoms with Gasteiger partial charge in [0.1, 0.15) is 0 Å². The molecule has 0 unspecified atom stereocenters. The summed E-state index contributed by atoms with van der Waals surface area (Å²) in [6, 6.07) is 5.51. The highest BCUT2D eigenvalue weighted by Crippen LogP contribution is 2.13. The summed E-state index contributed by atoms with van der Waals surface area (Å²) < 4.78 is 30.2. The first-order valence-electron chi connectivity index (χ1n) is 4.49. The standard InChI is InChI=1S/C9H12N2O4S/c10-9(12)5-6-11-7-1-3-8(4-2-7)16(13,14)15/h1-4,11H,5-6H2,(H2,10,12)(H,13,14,15). The summed E-state index contributed by atoms with van der Waals surface area (Å²) in [4.78, 5) is 10.3. The van der Waals surface area contributed by atoms with Crippen molar-refractivity contribution in [3.05, 3.63) is 24.3 Å². The Kier molecular flexibility index (Phi) is 3.86. The fraction of sp³-hybridized carbons (Fsp3) is 0.222. The Labute approximate surface area is 93.2 Å². The number of rotatable bonds is 5. The number of carbonyl (C=O) groups excluding carboxylic acids is 1. The van der Waals surface area contributed by atoms with Crippen LogP contribution in [0.25, 0.3) is 0 Å². The monoisotopic (exact) mass is 244 g/mol. The molecule has 0 fully saturated rings. The molecule has 16 heavy (non-hydrogen) atoms. The third-order valence-electron chi connectivity index (χ3n) is 1.85. The van der Waals surface area contributed by atoms with Crippen LogP contribution in [0.15, 0.2) is 29.2 Å². The molecule has 0 aliphatic rings. The zero-order chi connectivity index (χ0) is 12.2. The van der Waals surface area contributed by atoms with Crippen molar-refractivity contribution in [1.29, 1.82) is 0 Å². The maximum absolute atomic E-state index is 10.7. The molecule has 0 aliphatic carbocycles. The Hall–Kier alpha value is -1.60. The second-order valence-electron chi connectivity index (χ2n) is 3.14. The molecule has 0 radical (unpaired) electrons. The first kappa shape index (κ1) is 12.5. The van der Waals surface area contributed by atoms with Crippen molar-refractivity contribution in [3.63, 3.8) is 0 Å². The molecule has 0 spiro atoms. The molecule has 0 bridgehead atoms. The minimum absolute atomic E-state index is 0.173. The third-order valence-corrected chi connectivity index (χ3v) is 2.72. The number of anilines is 1. The maximum atomic E-state index is 10.7. The molecular formula is C9H12N2O4S. The second-order valence-corrected chi connectivity index (χ2v) is 4.56. The predicted octanol–water partition coefficient (Wildman–Crippen LogP) is 0.221. The van der Waals surface area contributed by atoms with E-state index in [1.54, 1.807) is 0 Å². The highest BCUT2D eigenvalue weighted by atomic mass is 32.2. The van der Waals surface area contributed by atoms with Crippen molar-refractivity contribution in [2.45, 2.75) is 11.3 Å². The minimum atomic E-state index is -4.16. The Morgan fingerprint density at radius 1 is 1.31 bits per heavy atom. The van der Waals surface area contributed by atoms with Gasteiger partial charge < -0.3 is 11.1 Å². The summed E-state index contributed by atoms with van der Waals surface area (Å²) in [5, 5.41) is 2.88. The maximum Gasteiger partial charge on any atom is 0.294 e. The van der Waals surface area contributed by atoms with Crippen LogP contribution < -0.4 is 11.1 Å². The van der Waals surface area contributed by atoms with Gasteiger partial charge >= 0.3 is 0 Å². The summed E-state index contributed by atoms with van der Waals surface area (Å²) >= 11 is 0. The Morgan fingerprint density at radius 3 is 2.31 bits per heavy atom. The van der Waals surface area contributed by atoms with Crippen LogP contribution in [0.3, 0.4) is 0 Å². The van der Waals surface area contributed by atoms with E-state index < -0.39 is 16.0 Å². The average Bonchev–Trinajstić information content (AvgIpc) is 2.16. The van der Waals surface area contributed by atoms with Crippen molar-refractivity contribution in [1.82, 2.24) is 0 Å². The Balaban J connectivity index is 2.62. The van der Waals surface area contributed by atoms with Crippen molar-refractivity contribution in [2.75, 3.05) is 11.9 Å². The quantitative estimate of drug-likeness (QED) is 0.642. The highest BCUT2D eigenvalue weighted by Gasteiger charge is 2.07. The van der Waals surface area contributed by atoms with Crippen LogP contribution in [-0.2, 0) is 14.9 Å². The van der Waals surface area contributed by atoms with Gasteiger partial charge in [-0.3, -0.25) is 9.35 Å². The van der Waals surface area contributed by atoms with Gasteiger partial charge in [-0.2, -0.15) is 8.42 Å². The summed E-state index contributed by atoms with van der Waals surface area (Å²) in [7, 11) is -4.16. The van der Waals surface area contributed by atoms with Crippen LogP contribution >= 0.6 is 0 Å². The lowest BCUT2D eigenvalue weighted by Gasteiger charge is -2.05. The van der Waals surface area contributed by atoms with E-state index in [0.717, 1.165) is 0 Å². The number of hydrogen-bond acceptors (Lipinski definition) is 4. The number of benzene rings is 1. The van der Waals surface area contributed by atoms with E-state index in [1.807, 2.05) is 0 Å². The SMILES string of the molecule is NC(=O)CCNc1ccc(S(=O)(=O)O)cc1. The zero-order valence-corrected chi connectivity index (χ0v) is 9.20. The van der Waals surface area contributed by atoms with Gasteiger partial charge in [0.2, 0.25) is 5.91 Å². The largest absolute Gasteiger partial charge is 0.385 e. The van der Waals surface area contributed by atoms with Gasteiger partial charge in [-0.15, -0.1) is 0 Å². The van der Waals surface area contributed by atoms with Crippen LogP contribution in [0, 0.1) is 0 Å². The molecule has 1 aromatic carbocycles. The Morgan fingerprint density at radius 2 is 1.88 bits per heavy atom. The van der Waals surface area contributed by atoms with Crippen LogP contribution in [0.5, 0.6) is 0 Å². The van der Waals surface area contributed by atoms with Gasteiger partial charge in [-0.1, -0.05) is 0 Å². The number of carbonyl (C=O) groups is 1. The van der Waals surface area contributed by atoms with E-state index in [2.05, 4.69) is 5.32 Å². The van der Waals surface area contributed by atoms with Crippen molar-refractivity contribution in [2.24, 2.45) is 5.73 Å². The molecule has 4 N–H and O–H groups in total. The van der Waals surface area contributed by atoms with Gasteiger partial charge in [0, 0.05) is 18.7 Å². The molecule has 0 heterocycles. The van der Waals surface area contributed by atoms with E-state index in [4.69, 9.17) is 10.3 Å². The summed E-state index contributed by atoms with van der Waals surface area (Å²) in [6.45, 7) is 0.376. The minimum Gasteiger partial charge on any atom is -0.385 e. The van der Waals surface area contributed by atoms with Crippen molar-refractivity contribution in [3.8, 4) is 0 Å². The molecule has 7 heteroatoms. The first-order chi connectivity index (χ1) is 7.39. The van der Waals surface area contributed by atoms with Crippen LogP contribution in [0.2, 0.25) is 0 Å². The molecule has 0 saturated heterocycles. The van der Waals surface area contributed by atoms with E-state index in [1.165, 1.54) is 24.3 Å². The molecular weight excluding hydrogens is 232 g/mol. The summed E-state index contributed by atoms with van der Waals surface area (Å²) in [5.41, 5.74) is 5.59. The van der Waals surface area contributed by atoms with E-state index in [-0.39, 0.29) is 11.3 Å². The fourth-order valence-electron chi connectivity index (χ4n) is 1.07. The van der Waals surface area contributed by atoms with E-state index in [9.17, 15) is 13.2 Å². The normalized spacial score (nSPS) is 11.1. The first-order valence-corrected chi connectivity index (χ1v) is 5.93. The molecule has 0 aromatic heterocycles. The predicted molar refractivity (Wildman–Crippen MR) is 58.6 cm³/mol. The van der Waals surface area contributed by atoms with Crippen molar-refractivity contribution < 1.29 is 17.8 Å². The topological polar surface area (TPSA) is 109 Å². The third kappa shape index (κ3) is 3.87. The lowest BCUT2D eigenvalue weighted by atomic mass is 10.3. The molecule has 0 aliphatic heterocycles. The molecule has 88 valence electrons. The van der Waals surface area contributed by atoms with Gasteiger partial charge in [-0.05, 0) is 24.3 Å². The number of hydrogen-bond donors (Lipinski definition) is 3. The van der Waals surface area contributed by atoms with Crippen LogP contribution in [-0.4, -0.2) is 25.4 Å². The summed E-state index contributed by atoms with van der Waals surface area (Å²) in [6.07, 6.45) is 0.194. The van der Waals surface area contributed by atoms with Crippen molar-refractivity contribution >= 4 is 21.7 Å². The van der Waals surface area contributed by atoms with Gasteiger partial charge in [0.25, 0.3) is 10.1 Å². The second kappa shape index (κ2) is 4.95. The fourth-order valence-corrected chi connectivity index (χ4v) is 1.55. The average molecular weight is 244 g/mol. The van der Waals surface area contributed by atoms with Gasteiger partial charge in [0.05, 0.1) is 4.90 Å². The van der Waals surface area contributed by atoms with Crippen LogP contribution in [0.4, 0.5) is 5.69 Å². The van der Waals surface area contributed by atoms with Crippen LogP contribution in [0.1, 0.15) is 6.42 Å². The number of nitrogens with one attached hydrogen (secondary N) is 1. The Bertz CT molecular complexity index is 467. The lowest BCUT2D eigenvalue weighted by Crippen LogP contribution is -2.15. The number of amides is 1. The molecule has 1 amide bonds.